The third kappa shape index (κ3) is 12.5. The van der Waals surface area contributed by atoms with Crippen LogP contribution in [-0.2, 0) is 45.9 Å². The van der Waals surface area contributed by atoms with Crippen molar-refractivity contribution in [2.24, 2.45) is 5.41 Å². The topological polar surface area (TPSA) is 347 Å². The van der Waals surface area contributed by atoms with Crippen LogP contribution in [0.25, 0.3) is 11.2 Å². The van der Waals surface area contributed by atoms with E-state index in [-0.39, 0.29) is 35.7 Å². The van der Waals surface area contributed by atoms with E-state index in [0.29, 0.717) is 12.3 Å². The number of nitrogens with zero attached hydrogens (tertiary/aromatic N) is 2. The first-order chi connectivity index (χ1) is 23.2. The second-order valence-electron chi connectivity index (χ2n) is 11.2. The van der Waals surface area contributed by atoms with Gasteiger partial charge in [-0.15, -0.1) is 4.98 Å². The summed E-state index contributed by atoms with van der Waals surface area (Å²) >= 11 is 0. The van der Waals surface area contributed by atoms with Crippen LogP contribution in [0.4, 0.5) is 5.69 Å². The summed E-state index contributed by atoms with van der Waals surface area (Å²) in [6.07, 6.45) is -4.88. The predicted octanol–water partition coefficient (Wildman–Crippen LogP) is -3.09. The highest BCUT2D eigenvalue weighted by atomic mass is 33.1. The van der Waals surface area contributed by atoms with Gasteiger partial charge < -0.3 is 69.0 Å². The van der Waals surface area contributed by atoms with Gasteiger partial charge in [0.05, 0.1) is 26.7 Å². The third-order valence-electron chi connectivity index (χ3n) is 6.85. The number of rotatable bonds is 20. The van der Waals surface area contributed by atoms with Crippen LogP contribution >= 0.6 is 45.1 Å². The molecule has 3 heterocycles. The minimum Gasteiger partial charge on any atom is -0.790 e. The minimum atomic E-state index is -5.87. The number of nitrogen functional groups attached to an aromatic ring is 1. The normalized spacial score (nSPS) is 22.9. The second kappa shape index (κ2) is 17.9. The van der Waals surface area contributed by atoms with Crippen molar-refractivity contribution >= 4 is 73.7 Å². The average molecular weight is 810 g/mol. The molecule has 50 heavy (non-hydrogen) atoms. The van der Waals surface area contributed by atoms with Crippen molar-refractivity contribution in [1.82, 2.24) is 20.6 Å². The SMILES string of the molecule is CSSCCNC(=O)CCNC(=O)[C@@H](O)C(C)(C)COP(=O)([O-])OP(=O)([O-])OC[C@H]1O[C@@H]([n+]2c[nH]c3c(N)ccnc32)C(O)[C@H]1OP(=O)([O-])[O-]. The average Bonchev–Trinajstić information content (AvgIpc) is 3.57. The number of phosphoric ester groups is 3. The van der Waals surface area contributed by atoms with E-state index < -0.39 is 78.6 Å². The number of H-pyrrole nitrogens is 1. The van der Waals surface area contributed by atoms with Gasteiger partial charge in [0.15, 0.2) is 11.8 Å². The number of nitrogens with one attached hydrogen (secondary N) is 3. The van der Waals surface area contributed by atoms with Crippen LogP contribution in [-0.4, -0.2) is 94.7 Å². The first-order valence-corrected chi connectivity index (χ1v) is 21.4. The molecule has 2 amide bonds. The number of carbonyl (C=O) groups is 2. The Bertz CT molecular complexity index is 1630. The fourth-order valence-corrected chi connectivity index (χ4v) is 8.21. The number of hydrogen-bond acceptors (Lipinski definition) is 20. The van der Waals surface area contributed by atoms with Crippen LogP contribution in [0.2, 0.25) is 0 Å². The number of phosphoric acid groups is 3. The lowest BCUT2D eigenvalue weighted by molar-refractivity contribution is -0.745. The first-order valence-electron chi connectivity index (χ1n) is 14.3. The summed E-state index contributed by atoms with van der Waals surface area (Å²) in [6, 6.07) is 1.45. The molecule has 27 heteroatoms. The molecule has 284 valence electrons. The molecule has 1 saturated heterocycles. The maximum absolute atomic E-state index is 12.4. The Labute approximate surface area is 293 Å². The van der Waals surface area contributed by atoms with E-state index in [1.807, 2.05) is 6.26 Å². The summed E-state index contributed by atoms with van der Waals surface area (Å²) in [5, 5.41) is 26.2. The molecule has 0 aromatic carbocycles. The molecule has 7 N–H and O–H groups in total. The fraction of sp³-hybridized carbons (Fsp3) is 0.652. The molecule has 0 bridgehead atoms. The number of carbonyl (C=O) groups excluding carboxylic acids is 2. The number of amides is 2. The summed E-state index contributed by atoms with van der Waals surface area (Å²) < 4.78 is 60.5. The van der Waals surface area contributed by atoms with Crippen molar-refractivity contribution in [2.45, 2.75) is 50.9 Å². The highest BCUT2D eigenvalue weighted by Crippen LogP contribution is 2.56. The van der Waals surface area contributed by atoms with Gasteiger partial charge in [0, 0.05) is 30.7 Å². The van der Waals surface area contributed by atoms with Gasteiger partial charge in [-0.05, 0) is 12.3 Å². The van der Waals surface area contributed by atoms with Gasteiger partial charge in [0.25, 0.3) is 15.6 Å². The maximum atomic E-state index is 12.4. The maximum Gasteiger partial charge on any atom is 0.305 e. The van der Waals surface area contributed by atoms with E-state index >= 15 is 0 Å². The summed E-state index contributed by atoms with van der Waals surface area (Å²) in [5.41, 5.74) is 4.86. The highest BCUT2D eigenvalue weighted by molar-refractivity contribution is 8.76. The molecule has 1 aliphatic heterocycles. The van der Waals surface area contributed by atoms with Crippen molar-refractivity contribution in [1.29, 1.82) is 0 Å². The lowest BCUT2D eigenvalue weighted by atomic mass is 9.87. The fourth-order valence-electron chi connectivity index (χ4n) is 4.37. The number of aromatic amines is 1. The van der Waals surface area contributed by atoms with Gasteiger partial charge in [-0.3, -0.25) is 23.7 Å². The molecule has 3 unspecified atom stereocenters. The zero-order valence-electron chi connectivity index (χ0n) is 26.6. The number of aliphatic hydroxyl groups excluding tert-OH is 2. The second-order valence-corrected chi connectivity index (χ2v) is 17.9. The molecule has 1 aliphatic rings. The monoisotopic (exact) mass is 809 g/mol. The summed E-state index contributed by atoms with van der Waals surface area (Å²) in [6.45, 7) is 0.531. The third-order valence-corrected chi connectivity index (χ3v) is 11.7. The quantitative estimate of drug-likeness (QED) is 0.0334. The first kappa shape index (κ1) is 42.7. The largest absolute Gasteiger partial charge is 0.790 e. The molecule has 0 aliphatic carbocycles. The molecule has 3 rings (SSSR count). The Hall–Kier alpha value is -1.69. The lowest BCUT2D eigenvalue weighted by Crippen LogP contribution is -2.46. The van der Waals surface area contributed by atoms with E-state index in [2.05, 4.69) is 38.5 Å². The molecule has 0 spiro atoms. The molecular formula is C23H36N6O16P3S2-3. The van der Waals surface area contributed by atoms with Gasteiger partial charge in [-0.2, -0.15) is 0 Å². The number of pyridine rings is 1. The van der Waals surface area contributed by atoms with E-state index in [4.69, 9.17) is 10.5 Å². The van der Waals surface area contributed by atoms with Gasteiger partial charge >= 0.3 is 5.65 Å². The van der Waals surface area contributed by atoms with Crippen LogP contribution in [0.3, 0.4) is 0 Å². The van der Waals surface area contributed by atoms with Crippen molar-refractivity contribution in [3.8, 4) is 0 Å². The Morgan fingerprint density at radius 2 is 1.86 bits per heavy atom. The van der Waals surface area contributed by atoms with Crippen molar-refractivity contribution in [3.63, 3.8) is 0 Å². The Morgan fingerprint density at radius 1 is 1.18 bits per heavy atom. The van der Waals surface area contributed by atoms with E-state index in [0.717, 1.165) is 4.57 Å². The number of ether oxygens (including phenoxy) is 1. The molecule has 22 nitrogen and oxygen atoms in total. The van der Waals surface area contributed by atoms with Gasteiger partial charge in [0.1, 0.15) is 30.6 Å². The zero-order chi connectivity index (χ0) is 37.5. The minimum absolute atomic E-state index is 0.0958. The van der Waals surface area contributed by atoms with Gasteiger partial charge in [-0.1, -0.05) is 35.4 Å². The van der Waals surface area contributed by atoms with Crippen molar-refractivity contribution in [2.75, 3.05) is 44.0 Å². The van der Waals surface area contributed by atoms with Crippen LogP contribution in [0, 0.1) is 5.41 Å². The molecule has 1 fully saturated rings. The standard InChI is InChI=1S/C23H39N6O16P3S2/c1-23(2,19(32)21(33)27-7-5-15(30)25-8-9-50-49-3)11-42-48(39,40)45-47(37,38)41-10-14-18(44-46(34,35)36)17(31)22(43-14)29-12-28-16-13(24)4-6-26-20(16)29/h4,6,12,14,17-19,22,31-32H,5,7-11H2,1-3H3,(H8,24,25,26,27,30,33,34,35,36,37,38,39,40)/p-3/t14-,17?,18+,19-,22-/m1/s1. The summed E-state index contributed by atoms with van der Waals surface area (Å²) in [7, 11) is -14.4. The molecule has 2 aromatic heterocycles. The Balaban J connectivity index is 1.57. The van der Waals surface area contributed by atoms with Crippen LogP contribution in [0.15, 0.2) is 18.6 Å². The summed E-state index contributed by atoms with van der Waals surface area (Å²) in [4.78, 5) is 78.7. The van der Waals surface area contributed by atoms with Crippen LogP contribution in [0.1, 0.15) is 26.5 Å². The molecule has 0 saturated carbocycles. The molecule has 2 aromatic rings. The number of hydrogen-bond donors (Lipinski definition) is 6. The molecule has 7 atom stereocenters. The Morgan fingerprint density at radius 3 is 2.52 bits per heavy atom. The number of aliphatic hydroxyl groups is 2. The van der Waals surface area contributed by atoms with Gasteiger partial charge in [-0.25, -0.2) is 8.88 Å². The highest BCUT2D eigenvalue weighted by Gasteiger charge is 2.49. The van der Waals surface area contributed by atoms with E-state index in [1.165, 1.54) is 43.2 Å². The van der Waals surface area contributed by atoms with Crippen molar-refractivity contribution < 1.29 is 80.3 Å². The number of nitrogens with two attached hydrogens (primary N) is 1. The van der Waals surface area contributed by atoms with E-state index in [1.54, 1.807) is 10.8 Å². The lowest BCUT2D eigenvalue weighted by Gasteiger charge is -2.36. The zero-order valence-corrected chi connectivity index (χ0v) is 30.9. The number of imidazole rings is 1. The Kier molecular flexibility index (Phi) is 15.3. The number of anilines is 1. The van der Waals surface area contributed by atoms with Crippen molar-refractivity contribution in [3.05, 3.63) is 18.6 Å². The summed E-state index contributed by atoms with van der Waals surface area (Å²) in [5.74, 6) is -0.635. The number of aromatic nitrogens is 3. The van der Waals surface area contributed by atoms with E-state index in [9.17, 15) is 53.1 Å². The van der Waals surface area contributed by atoms with Crippen LogP contribution < -0.4 is 40.5 Å². The predicted molar refractivity (Wildman–Crippen MR) is 168 cm³/mol. The number of fused-ring (bicyclic) bond motifs is 1. The smallest absolute Gasteiger partial charge is 0.305 e. The molecule has 0 radical (unpaired) electrons. The van der Waals surface area contributed by atoms with Crippen LogP contribution in [0.5, 0.6) is 0 Å². The molecular weight excluding hydrogens is 773 g/mol. The van der Waals surface area contributed by atoms with Gasteiger partial charge in [0.2, 0.25) is 18.0 Å².